The Bertz CT molecular complexity index is 3920. The van der Waals surface area contributed by atoms with Gasteiger partial charge >= 0.3 is 0 Å². The maximum absolute atomic E-state index is 6.85. The molecule has 4 heteroatoms. The molecule has 2 unspecified atom stereocenters. The lowest BCUT2D eigenvalue weighted by Crippen LogP contribution is -2.62. The molecule has 14 rings (SSSR count). The predicted octanol–water partition coefficient (Wildman–Crippen LogP) is 19.8. The van der Waals surface area contributed by atoms with Gasteiger partial charge in [0.1, 0.15) is 11.2 Å². The number of nitrogens with zero attached hydrogens (tertiary/aromatic N) is 2. The highest BCUT2D eigenvalue weighted by Crippen LogP contribution is 2.75. The minimum absolute atomic E-state index is 0.375. The molecule has 10 aromatic carbocycles. The second kappa shape index (κ2) is 15.9. The minimum atomic E-state index is -0.649. The summed E-state index contributed by atoms with van der Waals surface area (Å²) in [5.74, 6) is 0. The molecule has 0 fully saturated rings. The van der Waals surface area contributed by atoms with Crippen LogP contribution in [0.15, 0.2) is 239 Å². The Morgan fingerprint density at radius 2 is 0.649 bits per heavy atom. The zero-order valence-electron chi connectivity index (χ0n) is 42.7. The van der Waals surface area contributed by atoms with Crippen LogP contribution in [0.1, 0.15) is 63.8 Å². The number of para-hydroxylation sites is 6. The van der Waals surface area contributed by atoms with Crippen LogP contribution in [0.4, 0.5) is 34.1 Å². The van der Waals surface area contributed by atoms with E-state index in [4.69, 9.17) is 8.83 Å². The van der Waals surface area contributed by atoms with Crippen LogP contribution in [0.25, 0.3) is 66.1 Å². The number of furan rings is 2. The lowest BCUT2D eigenvalue weighted by atomic mass is 9.39. The molecule has 0 saturated heterocycles. The summed E-state index contributed by atoms with van der Waals surface area (Å²) in [4.78, 5) is 4.83. The third kappa shape index (κ3) is 5.91. The molecule has 0 N–H and O–H groups in total. The fraction of sp³-hybridized carbons (Fsp3) is 0.143. The van der Waals surface area contributed by atoms with Crippen LogP contribution in [0.5, 0.6) is 0 Å². The first kappa shape index (κ1) is 44.1. The normalized spacial score (nSPS) is 16.9. The SMILES string of the molecule is CC(C)(C)C1(C2(C(C)(C)C)c3ccccc3-c3ccc(N(c4ccccc4)c4cccc5c4oc4ccccc45)cc32)c2ccccc2-c2ccc(N(c3ccccc3)c3cccc4c3oc3ccccc34)cc21. The second-order valence-electron chi connectivity index (χ2n) is 22.4. The van der Waals surface area contributed by atoms with Crippen LogP contribution in [0, 0.1) is 10.8 Å². The lowest BCUT2D eigenvalue weighted by Gasteiger charge is -2.62. The van der Waals surface area contributed by atoms with Gasteiger partial charge in [0.2, 0.25) is 0 Å². The highest BCUT2D eigenvalue weighted by atomic mass is 16.3. The zero-order chi connectivity index (χ0) is 50.1. The maximum atomic E-state index is 6.85. The summed E-state index contributed by atoms with van der Waals surface area (Å²) >= 11 is 0. The zero-order valence-corrected chi connectivity index (χ0v) is 42.7. The Balaban J connectivity index is 1.08. The van der Waals surface area contributed by atoms with Gasteiger partial charge in [-0.15, -0.1) is 0 Å². The van der Waals surface area contributed by atoms with Crippen molar-refractivity contribution in [2.45, 2.75) is 52.4 Å². The highest BCUT2D eigenvalue weighted by molar-refractivity contribution is 6.12. The van der Waals surface area contributed by atoms with Gasteiger partial charge in [-0.25, -0.2) is 0 Å². The maximum Gasteiger partial charge on any atom is 0.159 e. The van der Waals surface area contributed by atoms with Crippen molar-refractivity contribution < 1.29 is 8.83 Å². The third-order valence-corrected chi connectivity index (χ3v) is 16.7. The highest BCUT2D eigenvalue weighted by Gasteiger charge is 2.70. The molecule has 2 aliphatic carbocycles. The molecular formula is C70H56N2O2. The van der Waals surface area contributed by atoms with Crippen LogP contribution < -0.4 is 9.80 Å². The standard InChI is InChI=1S/C70H56N2O2/c1-67(2,3)69(57-33-17-13-27-49(57)51-41-39-47(43-59(51)69)71(45-23-9-7-10-24-45)61-35-21-31-55-53-29-15-19-37-63(53)73-65(55)61)70(68(4,5)6)58-34-18-14-28-50(58)52-42-40-48(44-60(52)70)72(46-25-11-8-12-26-46)62-36-22-32-56-54-30-16-20-38-64(54)74-66(56)62/h7-44H,1-6H3. The second-order valence-corrected chi connectivity index (χ2v) is 22.4. The fourth-order valence-electron chi connectivity index (χ4n) is 14.2. The summed E-state index contributed by atoms with van der Waals surface area (Å²) in [6, 6.07) is 84.7. The largest absolute Gasteiger partial charge is 0.454 e. The van der Waals surface area contributed by atoms with E-state index in [0.717, 1.165) is 78.0 Å². The molecule has 12 aromatic rings. The van der Waals surface area contributed by atoms with E-state index in [1.54, 1.807) is 0 Å². The molecule has 2 aromatic heterocycles. The molecular weight excluding hydrogens is 901 g/mol. The van der Waals surface area contributed by atoms with Crippen LogP contribution in [0.2, 0.25) is 0 Å². The molecule has 74 heavy (non-hydrogen) atoms. The number of hydrogen-bond donors (Lipinski definition) is 0. The van der Waals surface area contributed by atoms with Crippen molar-refractivity contribution in [1.82, 2.24) is 0 Å². The van der Waals surface area contributed by atoms with Crippen molar-refractivity contribution in [3.8, 4) is 22.3 Å². The van der Waals surface area contributed by atoms with Crippen LogP contribution in [0.3, 0.4) is 0 Å². The average molecular weight is 957 g/mol. The molecule has 4 nitrogen and oxygen atoms in total. The third-order valence-electron chi connectivity index (χ3n) is 16.7. The molecule has 0 radical (unpaired) electrons. The van der Waals surface area contributed by atoms with E-state index in [9.17, 15) is 0 Å². The molecule has 0 spiro atoms. The van der Waals surface area contributed by atoms with E-state index < -0.39 is 10.8 Å². The van der Waals surface area contributed by atoms with E-state index in [1.807, 2.05) is 0 Å². The van der Waals surface area contributed by atoms with Gasteiger partial charge in [-0.3, -0.25) is 0 Å². The van der Waals surface area contributed by atoms with Gasteiger partial charge in [0, 0.05) is 55.1 Å². The minimum Gasteiger partial charge on any atom is -0.454 e. The summed E-state index contributed by atoms with van der Waals surface area (Å²) in [5.41, 5.74) is 18.1. The van der Waals surface area contributed by atoms with Gasteiger partial charge in [-0.05, 0) is 128 Å². The van der Waals surface area contributed by atoms with Crippen LogP contribution in [-0.2, 0) is 10.8 Å². The van der Waals surface area contributed by atoms with Gasteiger partial charge in [0.05, 0.1) is 11.4 Å². The van der Waals surface area contributed by atoms with Crippen molar-refractivity contribution in [3.05, 3.63) is 253 Å². The van der Waals surface area contributed by atoms with Gasteiger partial charge in [-0.1, -0.05) is 199 Å². The van der Waals surface area contributed by atoms with E-state index in [2.05, 4.69) is 282 Å². The fourth-order valence-corrected chi connectivity index (χ4v) is 14.2. The molecule has 2 heterocycles. The molecule has 0 saturated carbocycles. The van der Waals surface area contributed by atoms with E-state index in [-0.39, 0.29) is 10.8 Å². The van der Waals surface area contributed by atoms with Crippen molar-refractivity contribution in [1.29, 1.82) is 0 Å². The van der Waals surface area contributed by atoms with Gasteiger partial charge in [0.15, 0.2) is 11.2 Å². The quantitative estimate of drug-likeness (QED) is 0.159. The summed E-state index contributed by atoms with van der Waals surface area (Å²) in [7, 11) is 0. The first-order chi connectivity index (χ1) is 36.0. The summed E-state index contributed by atoms with van der Waals surface area (Å²) < 4.78 is 13.7. The predicted molar refractivity (Wildman–Crippen MR) is 308 cm³/mol. The number of benzene rings is 10. The molecule has 2 aliphatic rings. The Morgan fingerprint density at radius 3 is 1.07 bits per heavy atom. The Kier molecular flexibility index (Phi) is 9.51. The van der Waals surface area contributed by atoms with Gasteiger partial charge in [-0.2, -0.15) is 0 Å². The summed E-state index contributed by atoms with van der Waals surface area (Å²) in [5, 5.41) is 4.41. The van der Waals surface area contributed by atoms with E-state index >= 15 is 0 Å². The van der Waals surface area contributed by atoms with E-state index in [0.29, 0.717) is 0 Å². The number of fused-ring (bicyclic) bond motifs is 12. The Labute approximate surface area is 432 Å². The number of rotatable bonds is 7. The van der Waals surface area contributed by atoms with Crippen molar-refractivity contribution >= 4 is 78.0 Å². The van der Waals surface area contributed by atoms with Crippen LogP contribution in [-0.4, -0.2) is 0 Å². The Hall–Kier alpha value is -8.60. The van der Waals surface area contributed by atoms with Gasteiger partial charge < -0.3 is 18.6 Å². The molecule has 2 atom stereocenters. The molecule has 0 bridgehead atoms. The molecule has 0 amide bonds. The van der Waals surface area contributed by atoms with Gasteiger partial charge in [0.25, 0.3) is 0 Å². The summed E-state index contributed by atoms with van der Waals surface area (Å²) in [6.45, 7) is 15.0. The number of anilines is 6. The first-order valence-corrected chi connectivity index (χ1v) is 26.0. The topological polar surface area (TPSA) is 32.8 Å². The monoisotopic (exact) mass is 956 g/mol. The van der Waals surface area contributed by atoms with Crippen molar-refractivity contribution in [3.63, 3.8) is 0 Å². The molecule has 358 valence electrons. The van der Waals surface area contributed by atoms with Crippen molar-refractivity contribution in [2.75, 3.05) is 9.80 Å². The lowest BCUT2D eigenvalue weighted by molar-refractivity contribution is 0.0594. The average Bonchev–Trinajstić information content (AvgIpc) is 4.34. The molecule has 0 aliphatic heterocycles. The van der Waals surface area contributed by atoms with Crippen LogP contribution >= 0.6 is 0 Å². The number of hydrogen-bond acceptors (Lipinski definition) is 4. The summed E-state index contributed by atoms with van der Waals surface area (Å²) in [6.07, 6.45) is 0. The Morgan fingerprint density at radius 1 is 0.297 bits per heavy atom. The van der Waals surface area contributed by atoms with E-state index in [1.165, 1.54) is 44.5 Å². The first-order valence-electron chi connectivity index (χ1n) is 26.0. The van der Waals surface area contributed by atoms with Crippen molar-refractivity contribution in [2.24, 2.45) is 10.8 Å². The smallest absolute Gasteiger partial charge is 0.159 e.